The molecule has 6 heteroatoms. The number of carbonyl (C=O) groups is 2. The number of hydrogen-bond donors (Lipinski definition) is 1. The molecule has 1 rings (SSSR count). The molecule has 0 saturated carbocycles. The molecule has 2 unspecified atom stereocenters. The fourth-order valence-corrected chi connectivity index (χ4v) is 0.897. The minimum absolute atomic E-state index is 0. The molecule has 14 heavy (non-hydrogen) atoms. The van der Waals surface area contributed by atoms with Crippen LogP contribution in [0.25, 0.3) is 0 Å². The molecule has 0 aliphatic carbocycles. The molecule has 0 aromatic rings. The first-order valence-electron chi connectivity index (χ1n) is 3.85. The van der Waals surface area contributed by atoms with E-state index in [0.29, 0.717) is 6.54 Å². The minimum Gasteiger partial charge on any atom is -0.483 e. The van der Waals surface area contributed by atoms with Crippen molar-refractivity contribution < 1.29 is 38.9 Å². The third-order valence-electron chi connectivity index (χ3n) is 1.65. The molecule has 1 saturated heterocycles. The SMILES string of the molecule is O=CO.[CH2-]C(C)C1CN(C)C(=O)O1.[Rh]. The number of hydrogen-bond acceptors (Lipinski definition) is 3. The average molecular weight is 291 g/mol. The van der Waals surface area contributed by atoms with E-state index in [1.54, 1.807) is 11.9 Å². The molecule has 0 aromatic heterocycles. The topological polar surface area (TPSA) is 66.8 Å². The summed E-state index contributed by atoms with van der Waals surface area (Å²) in [6, 6.07) is 0. The van der Waals surface area contributed by atoms with Gasteiger partial charge in [0, 0.05) is 26.5 Å². The second-order valence-corrected chi connectivity index (χ2v) is 2.89. The summed E-state index contributed by atoms with van der Waals surface area (Å²) >= 11 is 0. The van der Waals surface area contributed by atoms with E-state index in [-0.39, 0.29) is 44.1 Å². The van der Waals surface area contributed by atoms with Crippen LogP contribution in [0.4, 0.5) is 4.79 Å². The Kier molecular flexibility index (Phi) is 8.74. The third kappa shape index (κ3) is 5.17. The van der Waals surface area contributed by atoms with Crippen LogP contribution >= 0.6 is 0 Å². The summed E-state index contributed by atoms with van der Waals surface area (Å²) in [5, 5.41) is 6.89. The van der Waals surface area contributed by atoms with Crippen LogP contribution in [-0.4, -0.2) is 42.3 Å². The number of nitrogens with zero attached hydrogens (tertiary/aromatic N) is 1. The smallest absolute Gasteiger partial charge is 0.409 e. The summed E-state index contributed by atoms with van der Waals surface area (Å²) in [5.74, 6) is 0.175. The largest absolute Gasteiger partial charge is 0.483 e. The first-order valence-corrected chi connectivity index (χ1v) is 3.85. The Balaban J connectivity index is 0. The molecule has 1 radical (unpaired) electrons. The Morgan fingerprint density at radius 3 is 2.36 bits per heavy atom. The van der Waals surface area contributed by atoms with Crippen LogP contribution in [0, 0.1) is 12.8 Å². The molecule has 2 atom stereocenters. The van der Waals surface area contributed by atoms with Crippen molar-refractivity contribution >= 4 is 12.6 Å². The van der Waals surface area contributed by atoms with Crippen molar-refractivity contribution in [2.24, 2.45) is 5.92 Å². The van der Waals surface area contributed by atoms with Gasteiger partial charge in [0.25, 0.3) is 6.47 Å². The average Bonchev–Trinajstić information content (AvgIpc) is 2.34. The normalized spacial score (nSPS) is 21.2. The van der Waals surface area contributed by atoms with Crippen LogP contribution in [0.3, 0.4) is 0 Å². The maximum absolute atomic E-state index is 10.8. The maximum atomic E-state index is 10.8. The minimum atomic E-state index is -0.250. The predicted molar refractivity (Wildman–Crippen MR) is 46.1 cm³/mol. The van der Waals surface area contributed by atoms with Gasteiger partial charge in [0.1, 0.15) is 0 Å². The number of carbonyl (C=O) groups excluding carboxylic acids is 1. The predicted octanol–water partition coefficient (Wildman–Crippen LogP) is 0.605. The van der Waals surface area contributed by atoms with Gasteiger partial charge < -0.3 is 21.7 Å². The van der Waals surface area contributed by atoms with Crippen molar-refractivity contribution in [1.82, 2.24) is 4.90 Å². The van der Waals surface area contributed by atoms with Crippen molar-refractivity contribution in [3.8, 4) is 0 Å². The van der Waals surface area contributed by atoms with E-state index < -0.39 is 0 Å². The summed E-state index contributed by atoms with van der Waals surface area (Å²) in [6.07, 6.45) is -0.252. The third-order valence-corrected chi connectivity index (χ3v) is 1.65. The molecule has 1 heterocycles. The molecule has 85 valence electrons. The van der Waals surface area contributed by atoms with Crippen LogP contribution < -0.4 is 0 Å². The van der Waals surface area contributed by atoms with E-state index in [0.717, 1.165) is 0 Å². The first kappa shape index (κ1) is 15.8. The van der Waals surface area contributed by atoms with Gasteiger partial charge in [0.15, 0.2) is 0 Å². The summed E-state index contributed by atoms with van der Waals surface area (Å²) in [7, 11) is 1.73. The Morgan fingerprint density at radius 2 is 2.21 bits per heavy atom. The zero-order chi connectivity index (χ0) is 10.4. The second-order valence-electron chi connectivity index (χ2n) is 2.89. The molecule has 0 spiro atoms. The Hall–Kier alpha value is -0.637. The zero-order valence-electron chi connectivity index (χ0n) is 8.10. The Morgan fingerprint density at radius 1 is 1.79 bits per heavy atom. The number of likely N-dealkylation sites (N-methyl/N-ethyl adjacent to an activating group) is 1. The number of carboxylic acid groups (broad SMARTS) is 1. The van der Waals surface area contributed by atoms with Crippen molar-refractivity contribution in [3.05, 3.63) is 6.92 Å². The van der Waals surface area contributed by atoms with E-state index in [4.69, 9.17) is 14.6 Å². The Bertz CT molecular complexity index is 186. The fraction of sp³-hybridized carbons (Fsp3) is 0.625. The van der Waals surface area contributed by atoms with Crippen LogP contribution in [0.1, 0.15) is 6.92 Å². The molecule has 1 aliphatic rings. The number of amides is 1. The molecule has 1 N–H and O–H groups in total. The summed E-state index contributed by atoms with van der Waals surface area (Å²) in [6.45, 7) is 6.15. The second kappa shape index (κ2) is 7.74. The van der Waals surface area contributed by atoms with Crippen molar-refractivity contribution in [3.63, 3.8) is 0 Å². The van der Waals surface area contributed by atoms with Crippen molar-refractivity contribution in [2.75, 3.05) is 13.6 Å². The molecular formula is C8H14NO4Rh-. The van der Waals surface area contributed by atoms with Gasteiger partial charge in [0.05, 0.1) is 12.6 Å². The van der Waals surface area contributed by atoms with Gasteiger partial charge in [-0.05, 0) is 0 Å². The van der Waals surface area contributed by atoms with Crippen molar-refractivity contribution in [1.29, 1.82) is 0 Å². The summed E-state index contributed by atoms with van der Waals surface area (Å²) in [4.78, 5) is 20.7. The molecular weight excluding hydrogens is 277 g/mol. The standard InChI is InChI=1S/C7H12NO2.CH2O2.Rh/c1-5(2)6-4-8(3)7(9)10-6;2-1-3;/h5-6H,1,4H2,2-3H3;1H,(H,2,3);/q-1;;. The summed E-state index contributed by atoms with van der Waals surface area (Å²) < 4.78 is 4.96. The van der Waals surface area contributed by atoms with E-state index >= 15 is 0 Å². The van der Waals surface area contributed by atoms with Gasteiger partial charge >= 0.3 is 6.09 Å². The van der Waals surface area contributed by atoms with Gasteiger partial charge in [-0.3, -0.25) is 4.79 Å². The van der Waals surface area contributed by atoms with Crippen molar-refractivity contribution in [2.45, 2.75) is 13.0 Å². The number of rotatable bonds is 1. The quantitative estimate of drug-likeness (QED) is 0.436. The number of cyclic esters (lactones) is 1. The van der Waals surface area contributed by atoms with E-state index in [9.17, 15) is 4.79 Å². The van der Waals surface area contributed by atoms with Gasteiger partial charge in [-0.25, -0.2) is 4.79 Å². The molecule has 5 nitrogen and oxygen atoms in total. The zero-order valence-corrected chi connectivity index (χ0v) is 9.74. The van der Waals surface area contributed by atoms with Gasteiger partial charge in [-0.2, -0.15) is 0 Å². The van der Waals surface area contributed by atoms with Crippen LogP contribution in [-0.2, 0) is 29.0 Å². The van der Waals surface area contributed by atoms with E-state index in [1.807, 2.05) is 6.92 Å². The van der Waals surface area contributed by atoms with Gasteiger partial charge in [0.2, 0.25) is 0 Å². The molecule has 1 fully saturated rings. The van der Waals surface area contributed by atoms with Gasteiger partial charge in [-0.15, -0.1) is 5.92 Å². The molecule has 0 bridgehead atoms. The Labute approximate surface area is 96.2 Å². The number of ether oxygens (including phenoxy) is 1. The van der Waals surface area contributed by atoms with Crippen LogP contribution in [0.2, 0.25) is 0 Å². The molecule has 1 aliphatic heterocycles. The first-order chi connectivity index (χ1) is 6.02. The van der Waals surface area contributed by atoms with Crippen LogP contribution in [0.5, 0.6) is 0 Å². The maximum Gasteiger partial charge on any atom is 0.409 e. The van der Waals surface area contributed by atoms with E-state index in [2.05, 4.69) is 6.92 Å². The summed E-state index contributed by atoms with van der Waals surface area (Å²) in [5.41, 5.74) is 0. The monoisotopic (exact) mass is 291 g/mol. The van der Waals surface area contributed by atoms with E-state index in [1.165, 1.54) is 0 Å². The fourth-order valence-electron chi connectivity index (χ4n) is 0.897. The molecule has 1 amide bonds. The molecule has 0 aromatic carbocycles. The van der Waals surface area contributed by atoms with Gasteiger partial charge in [-0.1, -0.05) is 6.92 Å². The van der Waals surface area contributed by atoms with Crippen LogP contribution in [0.15, 0.2) is 0 Å².